The maximum absolute atomic E-state index is 13.4. The lowest BCUT2D eigenvalue weighted by Crippen LogP contribution is -2.37. The second kappa shape index (κ2) is 10.8. The normalized spacial score (nSPS) is 20.5. The fourth-order valence-electron chi connectivity index (χ4n) is 4.51. The van der Waals surface area contributed by atoms with Gasteiger partial charge in [0.25, 0.3) is 5.91 Å². The molecule has 0 unspecified atom stereocenters. The number of amides is 1. The molecule has 0 bridgehead atoms. The Morgan fingerprint density at radius 2 is 1.42 bits per heavy atom. The summed E-state index contributed by atoms with van der Waals surface area (Å²) >= 11 is 0. The predicted octanol–water partition coefficient (Wildman–Crippen LogP) is 5.16. The zero-order valence-electron chi connectivity index (χ0n) is 19.6. The second-order valence-electron chi connectivity index (χ2n) is 8.88. The van der Waals surface area contributed by atoms with Crippen molar-refractivity contribution in [3.63, 3.8) is 0 Å². The minimum absolute atomic E-state index is 0.0301. The standard InChI is InChI=1S/C24H23F6NO6S/c25-23(26,27)18-9-12-22(13-10-18,16-3-1-15(2-4-16)21(34)31-14-11-20(32)33)17-5-7-19(8-6-17)37-38(35,36)24(28,29)30/h1-8,18H,9-14H2,(H,31,34)(H,32,33). The number of alkyl halides is 6. The Balaban J connectivity index is 1.91. The van der Waals surface area contributed by atoms with Gasteiger partial charge in [-0.3, -0.25) is 9.59 Å². The van der Waals surface area contributed by atoms with Crippen LogP contribution in [0.4, 0.5) is 26.3 Å². The Morgan fingerprint density at radius 1 is 0.921 bits per heavy atom. The maximum Gasteiger partial charge on any atom is 0.534 e. The number of carbonyl (C=O) groups is 2. The summed E-state index contributed by atoms with van der Waals surface area (Å²) in [6, 6.07) is 10.6. The van der Waals surface area contributed by atoms with E-state index in [0.29, 0.717) is 11.1 Å². The second-order valence-corrected chi connectivity index (χ2v) is 10.4. The number of nitrogens with one attached hydrogen (secondary N) is 1. The van der Waals surface area contributed by atoms with E-state index in [2.05, 4.69) is 9.50 Å². The minimum atomic E-state index is -5.90. The topological polar surface area (TPSA) is 110 Å². The molecule has 1 aliphatic rings. The first-order valence-corrected chi connectivity index (χ1v) is 12.7. The van der Waals surface area contributed by atoms with Gasteiger partial charge in [0.1, 0.15) is 5.75 Å². The molecule has 0 heterocycles. The van der Waals surface area contributed by atoms with E-state index in [9.17, 15) is 44.3 Å². The maximum atomic E-state index is 13.4. The molecule has 208 valence electrons. The SMILES string of the molecule is O=C(O)CCNC(=O)c1ccc(C2(c3ccc(OS(=O)(=O)C(F)(F)F)cc3)CCC(C(F)(F)F)CC2)cc1. The molecular weight excluding hydrogens is 544 g/mol. The molecule has 0 atom stereocenters. The fourth-order valence-corrected chi connectivity index (χ4v) is 4.97. The van der Waals surface area contributed by atoms with E-state index >= 15 is 0 Å². The van der Waals surface area contributed by atoms with Gasteiger partial charge in [-0.25, -0.2) is 0 Å². The number of halogens is 6. The molecule has 0 saturated heterocycles. The Labute approximate surface area is 213 Å². The highest BCUT2D eigenvalue weighted by atomic mass is 32.2. The molecule has 1 aliphatic carbocycles. The van der Waals surface area contributed by atoms with Gasteiger partial charge in [0.15, 0.2) is 0 Å². The molecule has 2 N–H and O–H groups in total. The Morgan fingerprint density at radius 3 is 1.87 bits per heavy atom. The highest BCUT2D eigenvalue weighted by molar-refractivity contribution is 7.88. The number of aliphatic carboxylic acids is 1. The molecule has 1 amide bonds. The Kier molecular flexibility index (Phi) is 8.34. The van der Waals surface area contributed by atoms with Crippen LogP contribution >= 0.6 is 0 Å². The molecule has 0 radical (unpaired) electrons. The van der Waals surface area contributed by atoms with Crippen LogP contribution in [0.2, 0.25) is 0 Å². The summed E-state index contributed by atoms with van der Waals surface area (Å²) in [5.41, 5.74) is -5.45. The van der Waals surface area contributed by atoms with E-state index in [0.717, 1.165) is 12.1 Å². The van der Waals surface area contributed by atoms with Crippen LogP contribution in [-0.2, 0) is 20.3 Å². The molecule has 2 aromatic carbocycles. The zero-order valence-corrected chi connectivity index (χ0v) is 20.4. The van der Waals surface area contributed by atoms with Crippen LogP contribution in [0.3, 0.4) is 0 Å². The smallest absolute Gasteiger partial charge is 0.481 e. The summed E-state index contributed by atoms with van der Waals surface area (Å²) in [6.45, 7) is -0.100. The lowest BCUT2D eigenvalue weighted by atomic mass is 9.63. The van der Waals surface area contributed by atoms with Crippen molar-refractivity contribution in [2.45, 2.75) is 49.2 Å². The van der Waals surface area contributed by atoms with Gasteiger partial charge in [0.2, 0.25) is 0 Å². The van der Waals surface area contributed by atoms with Crippen molar-refractivity contribution in [3.8, 4) is 5.75 Å². The van der Waals surface area contributed by atoms with Crippen molar-refractivity contribution in [2.75, 3.05) is 6.54 Å². The lowest BCUT2D eigenvalue weighted by Gasteiger charge is -2.42. The van der Waals surface area contributed by atoms with Crippen molar-refractivity contribution in [2.24, 2.45) is 5.92 Å². The van der Waals surface area contributed by atoms with Gasteiger partial charge < -0.3 is 14.6 Å². The van der Waals surface area contributed by atoms with Crippen LogP contribution in [0.15, 0.2) is 48.5 Å². The first-order chi connectivity index (χ1) is 17.5. The molecule has 1 saturated carbocycles. The molecule has 0 aliphatic heterocycles. The minimum Gasteiger partial charge on any atom is -0.481 e. The van der Waals surface area contributed by atoms with Gasteiger partial charge in [-0.15, -0.1) is 0 Å². The third kappa shape index (κ3) is 6.58. The van der Waals surface area contributed by atoms with Gasteiger partial charge in [-0.2, -0.15) is 34.8 Å². The summed E-state index contributed by atoms with van der Waals surface area (Å²) in [5, 5.41) is 11.1. The molecule has 14 heteroatoms. The summed E-state index contributed by atoms with van der Waals surface area (Å²) in [5.74, 6) is -3.78. The van der Waals surface area contributed by atoms with Crippen molar-refractivity contribution >= 4 is 22.0 Å². The highest BCUT2D eigenvalue weighted by Gasteiger charge is 2.49. The number of hydrogen-bond donors (Lipinski definition) is 2. The Bertz CT molecular complexity index is 1250. The summed E-state index contributed by atoms with van der Waals surface area (Å²) in [4.78, 5) is 22.9. The van der Waals surface area contributed by atoms with E-state index in [1.54, 1.807) is 12.1 Å². The quantitative estimate of drug-likeness (QED) is 0.259. The third-order valence-electron chi connectivity index (χ3n) is 6.52. The largest absolute Gasteiger partial charge is 0.534 e. The molecule has 7 nitrogen and oxygen atoms in total. The summed E-state index contributed by atoms with van der Waals surface area (Å²) in [7, 11) is -5.90. The van der Waals surface area contributed by atoms with E-state index in [1.807, 2.05) is 0 Å². The first-order valence-electron chi connectivity index (χ1n) is 11.3. The van der Waals surface area contributed by atoms with Crippen molar-refractivity contribution in [3.05, 3.63) is 65.2 Å². The van der Waals surface area contributed by atoms with E-state index in [1.165, 1.54) is 24.3 Å². The number of carboxylic acids is 1. The average Bonchev–Trinajstić information content (AvgIpc) is 2.83. The number of hydrogen-bond acceptors (Lipinski definition) is 5. The van der Waals surface area contributed by atoms with Crippen molar-refractivity contribution in [1.82, 2.24) is 5.32 Å². The van der Waals surface area contributed by atoms with E-state index in [-0.39, 0.29) is 44.2 Å². The number of carbonyl (C=O) groups excluding carboxylic acids is 1. The highest BCUT2D eigenvalue weighted by Crippen LogP contribution is 2.50. The van der Waals surface area contributed by atoms with Crippen LogP contribution in [0, 0.1) is 5.92 Å². The van der Waals surface area contributed by atoms with E-state index in [4.69, 9.17) is 5.11 Å². The lowest BCUT2D eigenvalue weighted by molar-refractivity contribution is -0.184. The van der Waals surface area contributed by atoms with Crippen LogP contribution in [0.1, 0.15) is 53.6 Å². The number of benzene rings is 2. The van der Waals surface area contributed by atoms with E-state index < -0.39 is 50.8 Å². The average molecular weight is 568 g/mol. The van der Waals surface area contributed by atoms with Crippen molar-refractivity contribution in [1.29, 1.82) is 0 Å². The molecule has 1 fully saturated rings. The molecule has 38 heavy (non-hydrogen) atoms. The van der Waals surface area contributed by atoms with Crippen LogP contribution in [0.5, 0.6) is 5.75 Å². The van der Waals surface area contributed by atoms with Gasteiger partial charge in [-0.05, 0) is 61.1 Å². The van der Waals surface area contributed by atoms with Gasteiger partial charge >= 0.3 is 27.8 Å². The summed E-state index contributed by atoms with van der Waals surface area (Å²) < 4.78 is 105. The molecular formula is C24H23F6NO6S. The first kappa shape index (κ1) is 29.3. The molecule has 2 aromatic rings. The van der Waals surface area contributed by atoms with Gasteiger partial charge in [0, 0.05) is 17.5 Å². The monoisotopic (exact) mass is 567 g/mol. The van der Waals surface area contributed by atoms with Crippen LogP contribution < -0.4 is 9.50 Å². The number of rotatable bonds is 8. The third-order valence-corrected chi connectivity index (χ3v) is 7.50. The predicted molar refractivity (Wildman–Crippen MR) is 122 cm³/mol. The molecule has 0 aromatic heterocycles. The fraction of sp³-hybridized carbons (Fsp3) is 0.417. The van der Waals surface area contributed by atoms with Crippen LogP contribution in [-0.4, -0.2) is 43.6 Å². The zero-order chi connectivity index (χ0) is 28.4. The molecule has 3 rings (SSSR count). The van der Waals surface area contributed by atoms with Gasteiger partial charge in [-0.1, -0.05) is 24.3 Å². The Hall–Kier alpha value is -3.29. The summed E-state index contributed by atoms with van der Waals surface area (Å²) in [6.07, 6.45) is -5.06. The van der Waals surface area contributed by atoms with Crippen molar-refractivity contribution < 1.29 is 53.6 Å². The number of carboxylic acid groups (broad SMARTS) is 1. The van der Waals surface area contributed by atoms with Gasteiger partial charge in [0.05, 0.1) is 12.3 Å². The molecule has 0 spiro atoms. The van der Waals surface area contributed by atoms with Crippen LogP contribution in [0.25, 0.3) is 0 Å².